The molecule has 0 saturated heterocycles. The summed E-state index contributed by atoms with van der Waals surface area (Å²) in [4.78, 5) is 2.24. The zero-order valence-electron chi connectivity index (χ0n) is 12.3. The standard InChI is InChI=1S/C15H26N2O2/c1-11(2)7-13(17(3)4)10-16-9-12-5-6-14(18)15(19)8-12/h5-6,8,11,13,16,18-19H,7,9-10H2,1-4H3. The van der Waals surface area contributed by atoms with E-state index in [1.54, 1.807) is 6.07 Å². The van der Waals surface area contributed by atoms with E-state index < -0.39 is 0 Å². The monoisotopic (exact) mass is 266 g/mol. The van der Waals surface area contributed by atoms with Gasteiger partial charge in [0.15, 0.2) is 11.5 Å². The van der Waals surface area contributed by atoms with Crippen molar-refractivity contribution in [2.24, 2.45) is 5.92 Å². The van der Waals surface area contributed by atoms with E-state index in [9.17, 15) is 10.2 Å². The van der Waals surface area contributed by atoms with Crippen molar-refractivity contribution in [3.05, 3.63) is 23.8 Å². The Balaban J connectivity index is 2.45. The van der Waals surface area contributed by atoms with Gasteiger partial charge in [-0.3, -0.25) is 0 Å². The maximum atomic E-state index is 9.43. The van der Waals surface area contributed by atoms with Crippen molar-refractivity contribution < 1.29 is 10.2 Å². The molecule has 1 aromatic rings. The number of aromatic hydroxyl groups is 2. The molecular weight excluding hydrogens is 240 g/mol. The summed E-state index contributed by atoms with van der Waals surface area (Å²) in [5.41, 5.74) is 0.970. The van der Waals surface area contributed by atoms with Crippen LogP contribution >= 0.6 is 0 Å². The number of hydrogen-bond donors (Lipinski definition) is 3. The first-order valence-corrected chi connectivity index (χ1v) is 6.78. The summed E-state index contributed by atoms with van der Waals surface area (Å²) >= 11 is 0. The van der Waals surface area contributed by atoms with E-state index >= 15 is 0 Å². The van der Waals surface area contributed by atoms with E-state index in [0.717, 1.165) is 18.5 Å². The van der Waals surface area contributed by atoms with E-state index in [0.29, 0.717) is 18.5 Å². The van der Waals surface area contributed by atoms with Gasteiger partial charge in [-0.25, -0.2) is 0 Å². The molecular formula is C15H26N2O2. The highest BCUT2D eigenvalue weighted by atomic mass is 16.3. The maximum Gasteiger partial charge on any atom is 0.157 e. The molecule has 0 aromatic heterocycles. The van der Waals surface area contributed by atoms with Gasteiger partial charge in [0.2, 0.25) is 0 Å². The number of hydrogen-bond acceptors (Lipinski definition) is 4. The van der Waals surface area contributed by atoms with E-state index in [-0.39, 0.29) is 11.5 Å². The molecule has 0 amide bonds. The third-order valence-electron chi connectivity index (χ3n) is 3.22. The quantitative estimate of drug-likeness (QED) is 0.662. The highest BCUT2D eigenvalue weighted by molar-refractivity contribution is 5.40. The van der Waals surface area contributed by atoms with Crippen LogP contribution in [0.15, 0.2) is 18.2 Å². The highest BCUT2D eigenvalue weighted by Crippen LogP contribution is 2.24. The van der Waals surface area contributed by atoms with Crippen molar-refractivity contribution in [2.75, 3.05) is 20.6 Å². The first-order valence-electron chi connectivity index (χ1n) is 6.78. The van der Waals surface area contributed by atoms with Crippen LogP contribution < -0.4 is 5.32 Å². The smallest absolute Gasteiger partial charge is 0.157 e. The van der Waals surface area contributed by atoms with Crippen LogP contribution in [0.1, 0.15) is 25.8 Å². The molecule has 0 aliphatic carbocycles. The first-order chi connectivity index (χ1) is 8.90. The minimum atomic E-state index is -0.0743. The van der Waals surface area contributed by atoms with Crippen LogP contribution in [0.2, 0.25) is 0 Å². The van der Waals surface area contributed by atoms with Gasteiger partial charge >= 0.3 is 0 Å². The molecule has 0 heterocycles. The zero-order chi connectivity index (χ0) is 14.4. The van der Waals surface area contributed by atoms with Gasteiger partial charge < -0.3 is 20.4 Å². The molecule has 3 N–H and O–H groups in total. The van der Waals surface area contributed by atoms with E-state index in [2.05, 4.69) is 38.2 Å². The summed E-state index contributed by atoms with van der Waals surface area (Å²) in [6, 6.07) is 5.43. The van der Waals surface area contributed by atoms with Crippen molar-refractivity contribution in [3.63, 3.8) is 0 Å². The molecule has 1 aromatic carbocycles. The molecule has 4 nitrogen and oxygen atoms in total. The zero-order valence-corrected chi connectivity index (χ0v) is 12.3. The second-order valence-electron chi connectivity index (χ2n) is 5.70. The number of benzene rings is 1. The summed E-state index contributed by atoms with van der Waals surface area (Å²) in [5, 5.41) is 22.1. The second-order valence-corrected chi connectivity index (χ2v) is 5.70. The van der Waals surface area contributed by atoms with Crippen LogP contribution in [0.3, 0.4) is 0 Å². The first kappa shape index (κ1) is 15.8. The molecule has 1 rings (SSSR count). The van der Waals surface area contributed by atoms with Gasteiger partial charge in [-0.15, -0.1) is 0 Å². The summed E-state index contributed by atoms with van der Waals surface area (Å²) in [5.74, 6) is 0.535. The minimum Gasteiger partial charge on any atom is -0.504 e. The van der Waals surface area contributed by atoms with Crippen molar-refractivity contribution in [3.8, 4) is 11.5 Å². The molecule has 0 aliphatic rings. The van der Waals surface area contributed by atoms with Crippen molar-refractivity contribution in [2.45, 2.75) is 32.9 Å². The molecule has 0 spiro atoms. The molecule has 4 heteroatoms. The fourth-order valence-electron chi connectivity index (χ4n) is 2.08. The average molecular weight is 266 g/mol. The SMILES string of the molecule is CC(C)CC(CNCc1ccc(O)c(O)c1)N(C)C. The number of likely N-dealkylation sites (N-methyl/N-ethyl adjacent to an activating group) is 1. The molecule has 1 unspecified atom stereocenters. The number of nitrogens with one attached hydrogen (secondary N) is 1. The molecule has 0 aliphatic heterocycles. The highest BCUT2D eigenvalue weighted by Gasteiger charge is 2.12. The number of phenols is 2. The Morgan fingerprint density at radius 2 is 1.84 bits per heavy atom. The van der Waals surface area contributed by atoms with Crippen LogP contribution in [0.25, 0.3) is 0 Å². The lowest BCUT2D eigenvalue weighted by Crippen LogP contribution is -2.38. The molecule has 108 valence electrons. The fourth-order valence-corrected chi connectivity index (χ4v) is 2.08. The van der Waals surface area contributed by atoms with Crippen LogP contribution in [0, 0.1) is 5.92 Å². The Hall–Kier alpha value is -1.26. The Labute approximate surface area is 116 Å². The Bertz CT molecular complexity index is 392. The lowest BCUT2D eigenvalue weighted by Gasteiger charge is -2.26. The summed E-state index contributed by atoms with van der Waals surface area (Å²) < 4.78 is 0. The van der Waals surface area contributed by atoms with Gasteiger partial charge in [-0.2, -0.15) is 0 Å². The summed E-state index contributed by atoms with van der Waals surface area (Å²) in [6.45, 7) is 6.06. The lowest BCUT2D eigenvalue weighted by molar-refractivity contribution is 0.246. The second kappa shape index (κ2) is 7.36. The van der Waals surface area contributed by atoms with Crippen LogP contribution in [0.5, 0.6) is 11.5 Å². The predicted molar refractivity (Wildman–Crippen MR) is 78.4 cm³/mol. The molecule has 0 bridgehead atoms. The average Bonchev–Trinajstić information content (AvgIpc) is 2.31. The van der Waals surface area contributed by atoms with Crippen LogP contribution in [0.4, 0.5) is 0 Å². The van der Waals surface area contributed by atoms with Crippen LogP contribution in [-0.2, 0) is 6.54 Å². The Kier molecular flexibility index (Phi) is 6.12. The van der Waals surface area contributed by atoms with E-state index in [1.807, 2.05) is 6.07 Å². The third-order valence-corrected chi connectivity index (χ3v) is 3.22. The van der Waals surface area contributed by atoms with Crippen LogP contribution in [-0.4, -0.2) is 41.8 Å². The predicted octanol–water partition coefficient (Wildman–Crippen LogP) is 2.16. The molecule has 0 radical (unpaired) electrons. The molecule has 0 fully saturated rings. The molecule has 1 atom stereocenters. The van der Waals surface area contributed by atoms with Gasteiger partial charge in [0.1, 0.15) is 0 Å². The topological polar surface area (TPSA) is 55.7 Å². The summed E-state index contributed by atoms with van der Waals surface area (Å²) in [6.07, 6.45) is 1.15. The number of phenolic OH excluding ortho intramolecular Hbond substituents is 2. The van der Waals surface area contributed by atoms with Crippen molar-refractivity contribution >= 4 is 0 Å². The number of rotatable bonds is 7. The third kappa shape index (κ3) is 5.49. The van der Waals surface area contributed by atoms with Gasteiger partial charge in [0.05, 0.1) is 0 Å². The van der Waals surface area contributed by atoms with E-state index in [4.69, 9.17) is 0 Å². The van der Waals surface area contributed by atoms with Gasteiger partial charge in [-0.1, -0.05) is 19.9 Å². The number of nitrogens with zero attached hydrogens (tertiary/aromatic N) is 1. The van der Waals surface area contributed by atoms with Gasteiger partial charge in [0, 0.05) is 19.1 Å². The van der Waals surface area contributed by atoms with Gasteiger partial charge in [0.25, 0.3) is 0 Å². The maximum absolute atomic E-state index is 9.43. The Morgan fingerprint density at radius 3 is 2.37 bits per heavy atom. The van der Waals surface area contributed by atoms with Crippen molar-refractivity contribution in [1.29, 1.82) is 0 Å². The van der Waals surface area contributed by atoms with E-state index in [1.165, 1.54) is 6.07 Å². The van der Waals surface area contributed by atoms with Crippen molar-refractivity contribution in [1.82, 2.24) is 10.2 Å². The summed E-state index contributed by atoms with van der Waals surface area (Å²) in [7, 11) is 4.20. The normalized spacial score (nSPS) is 13.2. The minimum absolute atomic E-state index is 0.0642. The lowest BCUT2D eigenvalue weighted by atomic mass is 10.0. The molecule has 19 heavy (non-hydrogen) atoms. The fraction of sp³-hybridized carbons (Fsp3) is 0.600. The Morgan fingerprint density at radius 1 is 1.16 bits per heavy atom. The largest absolute Gasteiger partial charge is 0.504 e. The molecule has 0 saturated carbocycles. The van der Waals surface area contributed by atoms with Gasteiger partial charge in [-0.05, 0) is 44.1 Å².